The summed E-state index contributed by atoms with van der Waals surface area (Å²) in [5.74, 6) is -0.316. The standard InChI is InChI=1S/C12H10ClFOS/c1-7-2-3-8(6-10(7)14)11(15)12-9(13)4-5-16-12/h2-6,11,15H,1H3. The molecule has 4 heteroatoms. The molecule has 1 N–H and O–H groups in total. The summed E-state index contributed by atoms with van der Waals surface area (Å²) in [6.45, 7) is 1.68. The molecule has 16 heavy (non-hydrogen) atoms. The van der Waals surface area contributed by atoms with Crippen molar-refractivity contribution in [2.45, 2.75) is 13.0 Å². The minimum atomic E-state index is -0.859. The largest absolute Gasteiger partial charge is 0.383 e. The maximum absolute atomic E-state index is 13.3. The fourth-order valence-corrected chi connectivity index (χ4v) is 2.60. The number of benzene rings is 1. The zero-order valence-corrected chi connectivity index (χ0v) is 10.1. The second-order valence-corrected chi connectivity index (χ2v) is 4.90. The van der Waals surface area contributed by atoms with Crippen LogP contribution in [0.15, 0.2) is 29.6 Å². The van der Waals surface area contributed by atoms with Crippen LogP contribution in [0.1, 0.15) is 22.1 Å². The normalized spacial score (nSPS) is 12.8. The molecule has 1 atom stereocenters. The van der Waals surface area contributed by atoms with E-state index in [1.54, 1.807) is 30.5 Å². The van der Waals surface area contributed by atoms with Crippen molar-refractivity contribution in [2.75, 3.05) is 0 Å². The molecule has 1 aromatic carbocycles. The second kappa shape index (κ2) is 4.53. The molecule has 0 bridgehead atoms. The van der Waals surface area contributed by atoms with E-state index < -0.39 is 6.10 Å². The van der Waals surface area contributed by atoms with Gasteiger partial charge < -0.3 is 5.11 Å². The van der Waals surface area contributed by atoms with Crippen LogP contribution in [-0.2, 0) is 0 Å². The van der Waals surface area contributed by atoms with E-state index in [9.17, 15) is 9.50 Å². The van der Waals surface area contributed by atoms with Gasteiger partial charge in [-0.1, -0.05) is 23.7 Å². The van der Waals surface area contributed by atoms with Crippen molar-refractivity contribution in [3.05, 3.63) is 56.5 Å². The van der Waals surface area contributed by atoms with Crippen molar-refractivity contribution in [3.63, 3.8) is 0 Å². The van der Waals surface area contributed by atoms with Crippen molar-refractivity contribution >= 4 is 22.9 Å². The number of hydrogen-bond donors (Lipinski definition) is 1. The number of aliphatic hydroxyl groups is 1. The molecule has 0 saturated heterocycles. The Kier molecular flexibility index (Phi) is 3.28. The molecule has 0 aliphatic heterocycles. The van der Waals surface area contributed by atoms with Crippen LogP contribution in [-0.4, -0.2) is 5.11 Å². The van der Waals surface area contributed by atoms with Gasteiger partial charge in [-0.3, -0.25) is 0 Å². The third-order valence-electron chi connectivity index (χ3n) is 2.40. The lowest BCUT2D eigenvalue weighted by molar-refractivity contribution is 0.223. The second-order valence-electron chi connectivity index (χ2n) is 3.54. The number of aryl methyl sites for hydroxylation is 1. The highest BCUT2D eigenvalue weighted by Crippen LogP contribution is 2.33. The van der Waals surface area contributed by atoms with Crippen molar-refractivity contribution in [3.8, 4) is 0 Å². The molecule has 0 spiro atoms. The molecule has 1 aromatic heterocycles. The minimum absolute atomic E-state index is 0.316. The number of hydrogen-bond acceptors (Lipinski definition) is 2. The molecule has 2 rings (SSSR count). The maximum atomic E-state index is 13.3. The van der Waals surface area contributed by atoms with E-state index in [2.05, 4.69) is 0 Å². The van der Waals surface area contributed by atoms with Gasteiger partial charge in [-0.15, -0.1) is 11.3 Å². The Balaban J connectivity index is 2.38. The van der Waals surface area contributed by atoms with E-state index in [1.807, 2.05) is 0 Å². The Bertz CT molecular complexity index is 509. The van der Waals surface area contributed by atoms with Gasteiger partial charge in [-0.05, 0) is 35.6 Å². The minimum Gasteiger partial charge on any atom is -0.383 e. The Morgan fingerprint density at radius 1 is 1.38 bits per heavy atom. The van der Waals surface area contributed by atoms with Crippen molar-refractivity contribution < 1.29 is 9.50 Å². The Morgan fingerprint density at radius 2 is 2.12 bits per heavy atom. The van der Waals surface area contributed by atoms with Crippen molar-refractivity contribution in [1.29, 1.82) is 0 Å². The summed E-state index contributed by atoms with van der Waals surface area (Å²) >= 11 is 7.27. The Morgan fingerprint density at radius 3 is 2.69 bits per heavy atom. The van der Waals surface area contributed by atoms with E-state index in [-0.39, 0.29) is 5.82 Å². The van der Waals surface area contributed by atoms with Crippen LogP contribution in [0.25, 0.3) is 0 Å². The maximum Gasteiger partial charge on any atom is 0.126 e. The molecule has 0 aliphatic rings. The van der Waals surface area contributed by atoms with Gasteiger partial charge in [0.15, 0.2) is 0 Å². The topological polar surface area (TPSA) is 20.2 Å². The summed E-state index contributed by atoms with van der Waals surface area (Å²) in [5, 5.41) is 12.3. The summed E-state index contributed by atoms with van der Waals surface area (Å²) in [5.41, 5.74) is 1.08. The lowest BCUT2D eigenvalue weighted by atomic mass is 10.1. The third kappa shape index (κ3) is 2.12. The van der Waals surface area contributed by atoms with Gasteiger partial charge >= 0.3 is 0 Å². The number of thiophene rings is 1. The van der Waals surface area contributed by atoms with Crippen LogP contribution in [0.5, 0.6) is 0 Å². The third-order valence-corrected chi connectivity index (χ3v) is 3.82. The number of aliphatic hydroxyl groups excluding tert-OH is 1. The van der Waals surface area contributed by atoms with Gasteiger partial charge in [0, 0.05) is 0 Å². The Labute approximate surface area is 102 Å². The number of halogens is 2. The highest BCUT2D eigenvalue weighted by Gasteiger charge is 2.16. The molecule has 0 radical (unpaired) electrons. The first-order valence-electron chi connectivity index (χ1n) is 4.76. The summed E-state index contributed by atoms with van der Waals surface area (Å²) in [4.78, 5) is 0.643. The van der Waals surface area contributed by atoms with Crippen LogP contribution < -0.4 is 0 Å². The first-order valence-corrected chi connectivity index (χ1v) is 6.02. The van der Waals surface area contributed by atoms with Crippen molar-refractivity contribution in [2.24, 2.45) is 0 Å². The van der Waals surface area contributed by atoms with E-state index in [0.717, 1.165) is 0 Å². The van der Waals surface area contributed by atoms with Gasteiger partial charge in [0.05, 0.1) is 9.90 Å². The first-order chi connectivity index (χ1) is 7.59. The van der Waals surface area contributed by atoms with Crippen LogP contribution in [0.3, 0.4) is 0 Å². The summed E-state index contributed by atoms with van der Waals surface area (Å²) in [6.07, 6.45) is -0.859. The van der Waals surface area contributed by atoms with Gasteiger partial charge in [0.2, 0.25) is 0 Å². The molecule has 0 fully saturated rings. The predicted molar refractivity (Wildman–Crippen MR) is 64.5 cm³/mol. The monoisotopic (exact) mass is 256 g/mol. The van der Waals surface area contributed by atoms with E-state index >= 15 is 0 Å². The fourth-order valence-electron chi connectivity index (χ4n) is 1.43. The highest BCUT2D eigenvalue weighted by atomic mass is 35.5. The molecule has 2 aromatic rings. The van der Waals surface area contributed by atoms with Gasteiger partial charge in [-0.2, -0.15) is 0 Å². The average molecular weight is 257 g/mol. The van der Waals surface area contributed by atoms with Crippen LogP contribution >= 0.6 is 22.9 Å². The smallest absolute Gasteiger partial charge is 0.126 e. The summed E-state index contributed by atoms with van der Waals surface area (Å²) < 4.78 is 13.3. The highest BCUT2D eigenvalue weighted by molar-refractivity contribution is 7.10. The lowest BCUT2D eigenvalue weighted by Crippen LogP contribution is -1.99. The Hall–Kier alpha value is -0.900. The molecular weight excluding hydrogens is 247 g/mol. The quantitative estimate of drug-likeness (QED) is 0.863. The van der Waals surface area contributed by atoms with E-state index in [4.69, 9.17) is 11.6 Å². The molecule has 0 aliphatic carbocycles. The van der Waals surface area contributed by atoms with Gasteiger partial charge in [0.25, 0.3) is 0 Å². The molecular formula is C12H10ClFOS. The molecule has 0 amide bonds. The van der Waals surface area contributed by atoms with Crippen LogP contribution in [0.4, 0.5) is 4.39 Å². The zero-order valence-electron chi connectivity index (χ0n) is 8.58. The first kappa shape index (κ1) is 11.6. The van der Waals surface area contributed by atoms with Crippen molar-refractivity contribution in [1.82, 2.24) is 0 Å². The summed E-state index contributed by atoms with van der Waals surface area (Å²) in [7, 11) is 0. The molecule has 0 saturated carbocycles. The summed E-state index contributed by atoms with van der Waals surface area (Å²) in [6, 6.07) is 6.42. The fraction of sp³-hybridized carbons (Fsp3) is 0.167. The lowest BCUT2D eigenvalue weighted by Gasteiger charge is -2.10. The SMILES string of the molecule is Cc1ccc(C(O)c2sccc2Cl)cc1F. The van der Waals surface area contributed by atoms with Gasteiger partial charge in [0.1, 0.15) is 11.9 Å². The van der Waals surface area contributed by atoms with Gasteiger partial charge in [-0.25, -0.2) is 4.39 Å². The molecule has 1 unspecified atom stereocenters. The molecule has 84 valence electrons. The number of rotatable bonds is 2. The average Bonchev–Trinajstić information content (AvgIpc) is 2.67. The van der Waals surface area contributed by atoms with Crippen LogP contribution in [0.2, 0.25) is 5.02 Å². The van der Waals surface area contributed by atoms with E-state index in [1.165, 1.54) is 17.4 Å². The predicted octanol–water partition coefficient (Wildman–Crippen LogP) is 3.93. The molecule has 1 heterocycles. The van der Waals surface area contributed by atoms with Crippen LogP contribution in [0, 0.1) is 12.7 Å². The van der Waals surface area contributed by atoms with E-state index in [0.29, 0.717) is 21.0 Å². The zero-order chi connectivity index (χ0) is 11.7. The molecule has 1 nitrogen and oxygen atoms in total.